The van der Waals surface area contributed by atoms with Gasteiger partial charge in [-0.15, -0.1) is 0 Å². The number of hydrogen-bond acceptors (Lipinski definition) is 3. The summed E-state index contributed by atoms with van der Waals surface area (Å²) >= 11 is 5.69. The van der Waals surface area contributed by atoms with E-state index >= 15 is 0 Å². The third kappa shape index (κ3) is 1.85. The van der Waals surface area contributed by atoms with E-state index in [1.54, 1.807) is 24.3 Å². The van der Waals surface area contributed by atoms with Crippen LogP contribution in [-0.4, -0.2) is 4.92 Å². The van der Waals surface area contributed by atoms with E-state index in [0.29, 0.717) is 16.3 Å². The van der Waals surface area contributed by atoms with E-state index in [1.165, 1.54) is 12.3 Å². The molecule has 2 aromatic rings. The monoisotopic (exact) mass is 223 g/mol. The van der Waals surface area contributed by atoms with Crippen LogP contribution in [0, 0.1) is 10.1 Å². The Morgan fingerprint density at radius 2 is 2.13 bits per heavy atom. The molecule has 5 heteroatoms. The topological polar surface area (TPSA) is 56.3 Å². The van der Waals surface area contributed by atoms with Gasteiger partial charge in [0.25, 0.3) is 5.69 Å². The van der Waals surface area contributed by atoms with Crippen LogP contribution in [0.3, 0.4) is 0 Å². The van der Waals surface area contributed by atoms with Crippen molar-refractivity contribution in [2.45, 2.75) is 0 Å². The maximum absolute atomic E-state index is 10.8. The van der Waals surface area contributed by atoms with Gasteiger partial charge in [-0.1, -0.05) is 11.6 Å². The Kier molecular flexibility index (Phi) is 2.43. The van der Waals surface area contributed by atoms with Crippen LogP contribution in [0.1, 0.15) is 0 Å². The summed E-state index contributed by atoms with van der Waals surface area (Å²) in [6.07, 6.45) is 1.47. The lowest BCUT2D eigenvalue weighted by Crippen LogP contribution is -1.91. The quantitative estimate of drug-likeness (QED) is 0.578. The van der Waals surface area contributed by atoms with Crippen LogP contribution in [0.5, 0.6) is 0 Å². The van der Waals surface area contributed by atoms with Crippen LogP contribution >= 0.6 is 11.6 Å². The molecule has 0 aliphatic rings. The highest BCUT2D eigenvalue weighted by Crippen LogP contribution is 2.32. The summed E-state index contributed by atoms with van der Waals surface area (Å²) in [6.45, 7) is 0. The van der Waals surface area contributed by atoms with Gasteiger partial charge >= 0.3 is 0 Å². The highest BCUT2D eigenvalue weighted by molar-refractivity contribution is 6.30. The molecule has 0 radical (unpaired) electrons. The first-order chi connectivity index (χ1) is 7.18. The van der Waals surface area contributed by atoms with E-state index in [-0.39, 0.29) is 5.69 Å². The van der Waals surface area contributed by atoms with E-state index in [4.69, 9.17) is 16.0 Å². The van der Waals surface area contributed by atoms with Gasteiger partial charge in [0.15, 0.2) is 0 Å². The summed E-state index contributed by atoms with van der Waals surface area (Å²) in [7, 11) is 0. The molecule has 0 amide bonds. The van der Waals surface area contributed by atoms with Gasteiger partial charge in [0, 0.05) is 11.1 Å². The van der Waals surface area contributed by atoms with Gasteiger partial charge in [-0.2, -0.15) is 0 Å². The maximum Gasteiger partial charge on any atom is 0.281 e. The van der Waals surface area contributed by atoms with E-state index < -0.39 is 4.92 Å². The Balaban J connectivity index is 2.61. The van der Waals surface area contributed by atoms with Crippen molar-refractivity contribution in [3.8, 4) is 11.3 Å². The third-order valence-electron chi connectivity index (χ3n) is 1.94. The fourth-order valence-corrected chi connectivity index (χ4v) is 1.46. The predicted molar refractivity (Wildman–Crippen MR) is 55.8 cm³/mol. The van der Waals surface area contributed by atoms with Crippen LogP contribution in [0.4, 0.5) is 5.69 Å². The molecule has 0 aliphatic heterocycles. The summed E-state index contributed by atoms with van der Waals surface area (Å²) in [5, 5.41) is 11.1. The molecule has 0 atom stereocenters. The fourth-order valence-electron chi connectivity index (χ4n) is 1.30. The van der Waals surface area contributed by atoms with Crippen LogP contribution in [0.2, 0.25) is 5.02 Å². The fraction of sp³-hybridized carbons (Fsp3) is 0. The smallest absolute Gasteiger partial charge is 0.281 e. The van der Waals surface area contributed by atoms with Crippen molar-refractivity contribution in [1.29, 1.82) is 0 Å². The number of hydrogen-bond donors (Lipinski definition) is 0. The molecule has 0 saturated carbocycles. The molecule has 4 nitrogen and oxygen atoms in total. The number of nitro groups is 1. The average molecular weight is 224 g/mol. The summed E-state index contributed by atoms with van der Waals surface area (Å²) in [5.74, 6) is 0.457. The second kappa shape index (κ2) is 3.74. The zero-order valence-electron chi connectivity index (χ0n) is 7.51. The molecule has 0 spiro atoms. The Morgan fingerprint density at radius 1 is 1.33 bits per heavy atom. The summed E-state index contributed by atoms with van der Waals surface area (Å²) in [4.78, 5) is 10.3. The first-order valence-electron chi connectivity index (χ1n) is 4.16. The lowest BCUT2D eigenvalue weighted by Gasteiger charge is -1.99. The minimum absolute atomic E-state index is 0.0579. The van der Waals surface area contributed by atoms with E-state index in [2.05, 4.69) is 0 Å². The highest BCUT2D eigenvalue weighted by atomic mass is 35.5. The highest BCUT2D eigenvalue weighted by Gasteiger charge is 2.17. The van der Waals surface area contributed by atoms with Gasteiger partial charge in [0.05, 0.1) is 16.7 Å². The van der Waals surface area contributed by atoms with Gasteiger partial charge < -0.3 is 4.42 Å². The molecule has 1 aromatic carbocycles. The van der Waals surface area contributed by atoms with Crippen LogP contribution in [0.25, 0.3) is 11.3 Å². The number of nitro benzene ring substituents is 1. The lowest BCUT2D eigenvalue weighted by molar-refractivity contribution is -0.384. The van der Waals surface area contributed by atoms with Crippen molar-refractivity contribution in [3.05, 3.63) is 51.7 Å². The molecule has 15 heavy (non-hydrogen) atoms. The molecular formula is C10H6ClNO3. The van der Waals surface area contributed by atoms with Gasteiger partial charge in [-0.25, -0.2) is 0 Å². The molecule has 0 N–H and O–H groups in total. The SMILES string of the molecule is O=[N+]([O-])c1cc(Cl)ccc1-c1ccco1. The second-order valence-corrected chi connectivity index (χ2v) is 3.33. The predicted octanol–water partition coefficient (Wildman–Crippen LogP) is 3.51. The lowest BCUT2D eigenvalue weighted by atomic mass is 10.1. The Hall–Kier alpha value is -1.81. The van der Waals surface area contributed by atoms with Crippen LogP contribution in [-0.2, 0) is 0 Å². The van der Waals surface area contributed by atoms with Gasteiger partial charge in [0.1, 0.15) is 5.76 Å². The molecule has 1 aromatic heterocycles. The van der Waals surface area contributed by atoms with Crippen molar-refractivity contribution >= 4 is 17.3 Å². The molecule has 1 heterocycles. The van der Waals surface area contributed by atoms with Crippen molar-refractivity contribution in [2.24, 2.45) is 0 Å². The first kappa shape index (κ1) is 9.73. The molecule has 76 valence electrons. The van der Waals surface area contributed by atoms with E-state index in [1.807, 2.05) is 0 Å². The molecule has 0 fully saturated rings. The summed E-state index contributed by atoms with van der Waals surface area (Å²) in [6, 6.07) is 7.80. The summed E-state index contributed by atoms with van der Waals surface area (Å²) < 4.78 is 5.10. The summed E-state index contributed by atoms with van der Waals surface area (Å²) in [5.41, 5.74) is 0.367. The van der Waals surface area contributed by atoms with E-state index in [0.717, 1.165) is 0 Å². The number of halogens is 1. The Morgan fingerprint density at radius 3 is 2.73 bits per heavy atom. The largest absolute Gasteiger partial charge is 0.464 e. The molecule has 0 bridgehead atoms. The first-order valence-corrected chi connectivity index (χ1v) is 4.54. The van der Waals surface area contributed by atoms with Crippen molar-refractivity contribution < 1.29 is 9.34 Å². The zero-order valence-corrected chi connectivity index (χ0v) is 8.27. The zero-order chi connectivity index (χ0) is 10.8. The minimum Gasteiger partial charge on any atom is -0.464 e. The van der Waals surface area contributed by atoms with Crippen molar-refractivity contribution in [3.63, 3.8) is 0 Å². The molecule has 0 aliphatic carbocycles. The Bertz CT molecular complexity index is 493. The van der Waals surface area contributed by atoms with Gasteiger partial charge in [0.2, 0.25) is 0 Å². The molecule has 0 saturated heterocycles. The Labute approximate surface area is 90.2 Å². The van der Waals surface area contributed by atoms with Gasteiger partial charge in [-0.3, -0.25) is 10.1 Å². The minimum atomic E-state index is -0.482. The van der Waals surface area contributed by atoms with Crippen molar-refractivity contribution in [2.75, 3.05) is 0 Å². The van der Waals surface area contributed by atoms with E-state index in [9.17, 15) is 10.1 Å². The molecule has 2 rings (SSSR count). The second-order valence-electron chi connectivity index (χ2n) is 2.90. The van der Waals surface area contributed by atoms with Crippen molar-refractivity contribution in [1.82, 2.24) is 0 Å². The number of benzene rings is 1. The number of nitrogens with zero attached hydrogens (tertiary/aromatic N) is 1. The average Bonchev–Trinajstić information content (AvgIpc) is 2.70. The maximum atomic E-state index is 10.8. The number of furan rings is 1. The normalized spacial score (nSPS) is 10.2. The van der Waals surface area contributed by atoms with Gasteiger partial charge in [-0.05, 0) is 24.3 Å². The molecule has 0 unspecified atom stereocenters. The van der Waals surface area contributed by atoms with Crippen LogP contribution in [0.15, 0.2) is 41.0 Å². The van der Waals surface area contributed by atoms with Crippen LogP contribution < -0.4 is 0 Å². The third-order valence-corrected chi connectivity index (χ3v) is 2.18. The number of rotatable bonds is 2. The molecular weight excluding hydrogens is 218 g/mol. The standard InChI is InChI=1S/C10H6ClNO3/c11-7-3-4-8(9(6-7)12(13)14)10-2-1-5-15-10/h1-6H.